The maximum atomic E-state index is 4.76. The van der Waals surface area contributed by atoms with E-state index in [1.54, 1.807) is 0 Å². The van der Waals surface area contributed by atoms with Gasteiger partial charge in [-0.2, -0.15) is 0 Å². The maximum Gasteiger partial charge on any atom is 0.191 e. The molecule has 2 N–H and O–H groups in total. The zero-order valence-electron chi connectivity index (χ0n) is 15.3. The lowest BCUT2D eigenvalue weighted by Gasteiger charge is -2.32. The molecule has 1 aliphatic heterocycles. The third kappa shape index (κ3) is 7.38. The van der Waals surface area contributed by atoms with E-state index in [9.17, 15) is 0 Å². The molecule has 1 heterocycles. The Kier molecular flexibility index (Phi) is 10.3. The SMILES string of the molecule is CCCN1CCC(NC(=NCc2cccc(C)c2)NCC)CC1.I. The van der Waals surface area contributed by atoms with Crippen LogP contribution in [0.4, 0.5) is 0 Å². The molecule has 0 aliphatic carbocycles. The van der Waals surface area contributed by atoms with Crippen LogP contribution in [0.1, 0.15) is 44.2 Å². The molecular weight excluding hydrogens is 411 g/mol. The van der Waals surface area contributed by atoms with Crippen molar-refractivity contribution >= 4 is 29.9 Å². The van der Waals surface area contributed by atoms with Crippen molar-refractivity contribution in [2.24, 2.45) is 4.99 Å². The molecule has 1 aliphatic rings. The van der Waals surface area contributed by atoms with E-state index in [2.05, 4.69) is 60.6 Å². The highest BCUT2D eigenvalue weighted by Crippen LogP contribution is 2.11. The monoisotopic (exact) mass is 444 g/mol. The van der Waals surface area contributed by atoms with E-state index in [1.807, 2.05) is 0 Å². The minimum atomic E-state index is 0. The highest BCUT2D eigenvalue weighted by Gasteiger charge is 2.19. The fourth-order valence-corrected chi connectivity index (χ4v) is 3.11. The average Bonchev–Trinajstić information content (AvgIpc) is 2.55. The molecular formula is C19H33IN4. The first-order valence-corrected chi connectivity index (χ1v) is 9.04. The van der Waals surface area contributed by atoms with Crippen molar-refractivity contribution < 1.29 is 0 Å². The first kappa shape index (κ1) is 21.2. The third-order valence-electron chi connectivity index (χ3n) is 4.31. The van der Waals surface area contributed by atoms with Gasteiger partial charge in [0.05, 0.1) is 6.54 Å². The number of hydrogen-bond acceptors (Lipinski definition) is 2. The second-order valence-electron chi connectivity index (χ2n) is 6.44. The Balaban J connectivity index is 0.00000288. The Hall–Kier alpha value is -0.820. The van der Waals surface area contributed by atoms with Crippen LogP contribution in [0.15, 0.2) is 29.3 Å². The number of nitrogens with one attached hydrogen (secondary N) is 2. The minimum absolute atomic E-state index is 0. The molecule has 0 bridgehead atoms. The number of likely N-dealkylation sites (tertiary alicyclic amines) is 1. The number of aryl methyl sites for hydroxylation is 1. The Morgan fingerprint density at radius 3 is 2.62 bits per heavy atom. The number of hydrogen-bond donors (Lipinski definition) is 2. The number of aliphatic imine (C=N–C) groups is 1. The third-order valence-corrected chi connectivity index (χ3v) is 4.31. The predicted octanol–water partition coefficient (Wildman–Crippen LogP) is 3.54. The van der Waals surface area contributed by atoms with Gasteiger partial charge < -0.3 is 15.5 Å². The van der Waals surface area contributed by atoms with Crippen molar-refractivity contribution in [2.45, 2.75) is 52.6 Å². The van der Waals surface area contributed by atoms with Crippen molar-refractivity contribution in [2.75, 3.05) is 26.2 Å². The lowest BCUT2D eigenvalue weighted by molar-refractivity contribution is 0.206. The van der Waals surface area contributed by atoms with Gasteiger partial charge in [0.2, 0.25) is 0 Å². The second kappa shape index (κ2) is 11.7. The lowest BCUT2D eigenvalue weighted by Crippen LogP contribution is -2.48. The molecule has 0 spiro atoms. The first-order chi connectivity index (χ1) is 11.2. The van der Waals surface area contributed by atoms with Crippen LogP contribution in [0.25, 0.3) is 0 Å². The molecule has 0 radical (unpaired) electrons. The molecule has 5 heteroatoms. The van der Waals surface area contributed by atoms with E-state index in [0.29, 0.717) is 6.04 Å². The van der Waals surface area contributed by atoms with Crippen LogP contribution in [0, 0.1) is 6.92 Å². The Labute approximate surface area is 164 Å². The van der Waals surface area contributed by atoms with E-state index >= 15 is 0 Å². The summed E-state index contributed by atoms with van der Waals surface area (Å²) in [7, 11) is 0. The summed E-state index contributed by atoms with van der Waals surface area (Å²) in [6.07, 6.45) is 3.66. The second-order valence-corrected chi connectivity index (χ2v) is 6.44. The van der Waals surface area contributed by atoms with Gasteiger partial charge in [0.1, 0.15) is 0 Å². The molecule has 136 valence electrons. The van der Waals surface area contributed by atoms with Gasteiger partial charge in [0, 0.05) is 25.7 Å². The first-order valence-electron chi connectivity index (χ1n) is 9.04. The van der Waals surface area contributed by atoms with Crippen LogP contribution >= 0.6 is 24.0 Å². The van der Waals surface area contributed by atoms with Gasteiger partial charge in [-0.1, -0.05) is 36.8 Å². The quantitative estimate of drug-likeness (QED) is 0.401. The Morgan fingerprint density at radius 1 is 1.25 bits per heavy atom. The normalized spacial score (nSPS) is 16.5. The number of piperidine rings is 1. The Bertz CT molecular complexity index is 496. The van der Waals surface area contributed by atoms with Crippen molar-refractivity contribution in [1.29, 1.82) is 0 Å². The van der Waals surface area contributed by atoms with Gasteiger partial charge >= 0.3 is 0 Å². The van der Waals surface area contributed by atoms with Crippen LogP contribution in [-0.4, -0.2) is 43.1 Å². The average molecular weight is 444 g/mol. The lowest BCUT2D eigenvalue weighted by atomic mass is 10.1. The van der Waals surface area contributed by atoms with Crippen LogP contribution in [-0.2, 0) is 6.54 Å². The van der Waals surface area contributed by atoms with E-state index < -0.39 is 0 Å². The molecule has 0 saturated carbocycles. The highest BCUT2D eigenvalue weighted by atomic mass is 127. The van der Waals surface area contributed by atoms with Gasteiger partial charge in [0.25, 0.3) is 0 Å². The molecule has 0 amide bonds. The summed E-state index contributed by atoms with van der Waals surface area (Å²) in [4.78, 5) is 7.32. The van der Waals surface area contributed by atoms with Crippen LogP contribution < -0.4 is 10.6 Å². The van der Waals surface area contributed by atoms with Crippen molar-refractivity contribution in [3.63, 3.8) is 0 Å². The number of benzene rings is 1. The fourth-order valence-electron chi connectivity index (χ4n) is 3.11. The van der Waals surface area contributed by atoms with Crippen molar-refractivity contribution in [3.05, 3.63) is 35.4 Å². The molecule has 1 aromatic rings. The van der Waals surface area contributed by atoms with E-state index in [0.717, 1.165) is 19.0 Å². The summed E-state index contributed by atoms with van der Waals surface area (Å²) in [5.74, 6) is 0.947. The summed E-state index contributed by atoms with van der Waals surface area (Å²) in [5, 5.41) is 6.99. The minimum Gasteiger partial charge on any atom is -0.357 e. The van der Waals surface area contributed by atoms with Crippen LogP contribution in [0.2, 0.25) is 0 Å². The molecule has 4 nitrogen and oxygen atoms in total. The van der Waals surface area contributed by atoms with E-state index in [-0.39, 0.29) is 24.0 Å². The molecule has 2 rings (SSSR count). The molecule has 1 saturated heterocycles. The summed E-state index contributed by atoms with van der Waals surface area (Å²) >= 11 is 0. The topological polar surface area (TPSA) is 39.7 Å². The summed E-state index contributed by atoms with van der Waals surface area (Å²) in [5.41, 5.74) is 2.55. The van der Waals surface area contributed by atoms with Gasteiger partial charge in [-0.15, -0.1) is 24.0 Å². The maximum absolute atomic E-state index is 4.76. The van der Waals surface area contributed by atoms with Crippen molar-refractivity contribution in [1.82, 2.24) is 15.5 Å². The number of halogens is 1. The van der Waals surface area contributed by atoms with E-state index in [4.69, 9.17) is 4.99 Å². The van der Waals surface area contributed by atoms with Gasteiger partial charge in [0.15, 0.2) is 5.96 Å². The summed E-state index contributed by atoms with van der Waals surface area (Å²) in [6, 6.07) is 9.11. The van der Waals surface area contributed by atoms with Crippen LogP contribution in [0.5, 0.6) is 0 Å². The largest absolute Gasteiger partial charge is 0.357 e. The molecule has 0 aromatic heterocycles. The predicted molar refractivity (Wildman–Crippen MR) is 114 cm³/mol. The molecule has 0 atom stereocenters. The van der Waals surface area contributed by atoms with Crippen molar-refractivity contribution in [3.8, 4) is 0 Å². The number of rotatable bonds is 6. The van der Waals surface area contributed by atoms with Gasteiger partial charge in [-0.05, 0) is 45.2 Å². The standard InChI is InChI=1S/C19H32N4.HI/c1-4-11-23-12-9-18(10-13-23)22-19(20-5-2)21-15-17-8-6-7-16(3)14-17;/h6-8,14,18H,4-5,9-13,15H2,1-3H3,(H2,20,21,22);1H. The fraction of sp³-hybridized carbons (Fsp3) is 0.632. The molecule has 0 unspecified atom stereocenters. The number of guanidine groups is 1. The van der Waals surface area contributed by atoms with Gasteiger partial charge in [-0.25, -0.2) is 4.99 Å². The van der Waals surface area contributed by atoms with E-state index in [1.165, 1.54) is 50.0 Å². The zero-order chi connectivity index (χ0) is 16.5. The smallest absolute Gasteiger partial charge is 0.191 e. The molecule has 1 aromatic carbocycles. The Morgan fingerprint density at radius 2 is 2.00 bits per heavy atom. The number of nitrogens with zero attached hydrogens (tertiary/aromatic N) is 2. The summed E-state index contributed by atoms with van der Waals surface area (Å²) < 4.78 is 0. The highest BCUT2D eigenvalue weighted by molar-refractivity contribution is 14.0. The van der Waals surface area contributed by atoms with Crippen LogP contribution in [0.3, 0.4) is 0 Å². The van der Waals surface area contributed by atoms with Gasteiger partial charge in [-0.3, -0.25) is 0 Å². The summed E-state index contributed by atoms with van der Waals surface area (Å²) in [6.45, 7) is 11.7. The molecule has 24 heavy (non-hydrogen) atoms. The zero-order valence-corrected chi connectivity index (χ0v) is 17.7. The molecule has 1 fully saturated rings.